The Bertz CT molecular complexity index is 950. The predicted octanol–water partition coefficient (Wildman–Crippen LogP) is 2.71. The highest BCUT2D eigenvalue weighted by molar-refractivity contribution is 7.91. The summed E-state index contributed by atoms with van der Waals surface area (Å²) < 4.78 is 38.1. The van der Waals surface area contributed by atoms with Gasteiger partial charge in [0.1, 0.15) is 11.6 Å². The molecule has 0 saturated carbocycles. The molecule has 150 valence electrons. The lowest BCUT2D eigenvalue weighted by atomic mass is 10.1. The predicted molar refractivity (Wildman–Crippen MR) is 109 cm³/mol. The summed E-state index contributed by atoms with van der Waals surface area (Å²) >= 11 is 0. The summed E-state index contributed by atoms with van der Waals surface area (Å²) in [6.07, 6.45) is 0. The fourth-order valence-electron chi connectivity index (χ4n) is 3.39. The number of halogens is 1. The highest BCUT2D eigenvalue weighted by atomic mass is 32.2. The Labute approximate surface area is 165 Å². The maximum Gasteiger partial charge on any atom is 0.237 e. The number of anilines is 1. The van der Waals surface area contributed by atoms with E-state index in [0.717, 1.165) is 22.4 Å². The number of hydrogen-bond acceptors (Lipinski definition) is 4. The third kappa shape index (κ3) is 5.10. The Hall–Kier alpha value is -2.41. The van der Waals surface area contributed by atoms with Crippen LogP contribution in [0.3, 0.4) is 0 Å². The molecule has 0 N–H and O–H groups in total. The van der Waals surface area contributed by atoms with Gasteiger partial charge in [0.25, 0.3) is 0 Å². The number of amides is 1. The van der Waals surface area contributed by atoms with Crippen LogP contribution in [0.5, 0.6) is 0 Å². The van der Waals surface area contributed by atoms with Crippen molar-refractivity contribution >= 4 is 21.4 Å². The smallest absolute Gasteiger partial charge is 0.237 e. The first-order chi connectivity index (χ1) is 13.2. The molecule has 1 saturated heterocycles. The van der Waals surface area contributed by atoms with Crippen molar-refractivity contribution in [3.05, 3.63) is 65.0 Å². The number of rotatable bonds is 5. The minimum atomic E-state index is -3.54. The average molecular weight is 405 g/mol. The molecule has 5 nitrogen and oxygen atoms in total. The van der Waals surface area contributed by atoms with Crippen LogP contribution >= 0.6 is 0 Å². The van der Waals surface area contributed by atoms with E-state index >= 15 is 0 Å². The van der Waals surface area contributed by atoms with Gasteiger partial charge in [-0.05, 0) is 49.2 Å². The first kappa shape index (κ1) is 20.3. The van der Waals surface area contributed by atoms with Gasteiger partial charge >= 0.3 is 0 Å². The zero-order valence-electron chi connectivity index (χ0n) is 16.2. The van der Waals surface area contributed by atoms with Crippen LogP contribution in [0.2, 0.25) is 0 Å². The van der Waals surface area contributed by atoms with E-state index in [1.807, 2.05) is 32.0 Å². The van der Waals surface area contributed by atoms with E-state index in [2.05, 4.69) is 4.90 Å². The number of piperazine rings is 1. The van der Waals surface area contributed by atoms with Gasteiger partial charge in [-0.25, -0.2) is 12.8 Å². The normalized spacial score (nSPS) is 15.0. The molecule has 0 radical (unpaired) electrons. The van der Waals surface area contributed by atoms with Crippen LogP contribution in [0.25, 0.3) is 0 Å². The summed E-state index contributed by atoms with van der Waals surface area (Å²) in [5.74, 6) is -1.24. The maximum absolute atomic E-state index is 13.1. The Morgan fingerprint density at radius 2 is 1.64 bits per heavy atom. The minimum Gasteiger partial charge on any atom is -0.368 e. The standard InChI is InChI=1S/C21H25FN2O3S/c1-16-3-4-17(2)18(13-16)14-28(26,27)15-21(25)24-11-9-23(10-12-24)20-7-5-19(22)6-8-20/h3-8,13H,9-12,14-15H2,1-2H3. The second-order valence-corrected chi connectivity index (χ2v) is 9.37. The molecule has 0 atom stereocenters. The van der Waals surface area contributed by atoms with E-state index in [0.29, 0.717) is 26.2 Å². The van der Waals surface area contributed by atoms with Gasteiger partial charge in [-0.3, -0.25) is 4.79 Å². The van der Waals surface area contributed by atoms with E-state index in [9.17, 15) is 17.6 Å². The molecule has 28 heavy (non-hydrogen) atoms. The Balaban J connectivity index is 1.57. The fraction of sp³-hybridized carbons (Fsp3) is 0.381. The quantitative estimate of drug-likeness (QED) is 0.769. The summed E-state index contributed by atoms with van der Waals surface area (Å²) in [6.45, 7) is 5.88. The molecule has 2 aromatic carbocycles. The van der Waals surface area contributed by atoms with Crippen LogP contribution in [0, 0.1) is 19.7 Å². The Morgan fingerprint density at radius 3 is 2.29 bits per heavy atom. The van der Waals surface area contributed by atoms with Crippen molar-refractivity contribution in [3.8, 4) is 0 Å². The summed E-state index contributed by atoms with van der Waals surface area (Å²) in [5, 5.41) is 0. The monoisotopic (exact) mass is 404 g/mol. The molecule has 0 aliphatic carbocycles. The molecule has 0 unspecified atom stereocenters. The second-order valence-electron chi connectivity index (χ2n) is 7.31. The molecule has 0 spiro atoms. The van der Waals surface area contributed by atoms with E-state index < -0.39 is 15.6 Å². The molecular weight excluding hydrogens is 379 g/mol. The van der Waals surface area contributed by atoms with Crippen LogP contribution in [0.15, 0.2) is 42.5 Å². The molecule has 0 aromatic heterocycles. The van der Waals surface area contributed by atoms with Crippen molar-refractivity contribution < 1.29 is 17.6 Å². The van der Waals surface area contributed by atoms with Gasteiger partial charge in [0.2, 0.25) is 5.91 Å². The van der Waals surface area contributed by atoms with Gasteiger partial charge < -0.3 is 9.80 Å². The number of nitrogens with zero attached hydrogens (tertiary/aromatic N) is 2. The van der Waals surface area contributed by atoms with Crippen LogP contribution in [-0.4, -0.2) is 51.2 Å². The first-order valence-corrected chi connectivity index (χ1v) is 11.1. The molecule has 7 heteroatoms. The minimum absolute atomic E-state index is 0.123. The molecule has 2 aromatic rings. The topological polar surface area (TPSA) is 57.7 Å². The summed E-state index contributed by atoms with van der Waals surface area (Å²) in [6, 6.07) is 11.9. The molecule has 1 amide bonds. The SMILES string of the molecule is Cc1ccc(C)c(CS(=O)(=O)CC(=O)N2CCN(c3ccc(F)cc3)CC2)c1. The third-order valence-electron chi connectivity index (χ3n) is 5.05. The first-order valence-electron chi connectivity index (χ1n) is 9.28. The van der Waals surface area contributed by atoms with E-state index in [-0.39, 0.29) is 17.5 Å². The lowest BCUT2D eigenvalue weighted by Gasteiger charge is -2.36. The van der Waals surface area contributed by atoms with Crippen molar-refractivity contribution in [1.29, 1.82) is 0 Å². The molecule has 0 bridgehead atoms. The van der Waals surface area contributed by atoms with Crippen molar-refractivity contribution in [2.45, 2.75) is 19.6 Å². The number of carbonyl (C=O) groups excluding carboxylic acids is 1. The Morgan fingerprint density at radius 1 is 1.00 bits per heavy atom. The molecule has 3 rings (SSSR count). The van der Waals surface area contributed by atoms with Crippen LogP contribution in [0.4, 0.5) is 10.1 Å². The third-order valence-corrected chi connectivity index (χ3v) is 6.49. The zero-order chi connectivity index (χ0) is 20.3. The van der Waals surface area contributed by atoms with E-state index in [4.69, 9.17) is 0 Å². The van der Waals surface area contributed by atoms with Crippen molar-refractivity contribution in [2.75, 3.05) is 36.8 Å². The van der Waals surface area contributed by atoms with Gasteiger partial charge in [0.05, 0.1) is 5.75 Å². The average Bonchev–Trinajstić information content (AvgIpc) is 2.65. The second kappa shape index (κ2) is 8.31. The van der Waals surface area contributed by atoms with Crippen LogP contribution < -0.4 is 4.90 Å². The highest BCUT2D eigenvalue weighted by Gasteiger charge is 2.26. The van der Waals surface area contributed by atoms with Crippen molar-refractivity contribution in [3.63, 3.8) is 0 Å². The molecule has 1 heterocycles. The number of sulfone groups is 1. The Kier molecular flexibility index (Phi) is 6.03. The number of hydrogen-bond donors (Lipinski definition) is 0. The number of aryl methyl sites for hydroxylation is 2. The maximum atomic E-state index is 13.1. The molecular formula is C21H25FN2O3S. The van der Waals surface area contributed by atoms with E-state index in [1.165, 1.54) is 12.1 Å². The van der Waals surface area contributed by atoms with Gasteiger partial charge in [0.15, 0.2) is 9.84 Å². The number of benzene rings is 2. The fourth-order valence-corrected chi connectivity index (χ4v) is 4.83. The van der Waals surface area contributed by atoms with Crippen molar-refractivity contribution in [1.82, 2.24) is 4.90 Å². The summed E-state index contributed by atoms with van der Waals surface area (Å²) in [7, 11) is -3.54. The largest absolute Gasteiger partial charge is 0.368 e. The summed E-state index contributed by atoms with van der Waals surface area (Å²) in [4.78, 5) is 16.2. The number of carbonyl (C=O) groups is 1. The van der Waals surface area contributed by atoms with Gasteiger partial charge in [0, 0.05) is 31.9 Å². The van der Waals surface area contributed by atoms with Crippen molar-refractivity contribution in [2.24, 2.45) is 0 Å². The van der Waals surface area contributed by atoms with E-state index in [1.54, 1.807) is 17.0 Å². The van der Waals surface area contributed by atoms with Gasteiger partial charge in [-0.2, -0.15) is 0 Å². The van der Waals surface area contributed by atoms with Crippen LogP contribution in [0.1, 0.15) is 16.7 Å². The molecule has 1 fully saturated rings. The molecule has 1 aliphatic heterocycles. The lowest BCUT2D eigenvalue weighted by Crippen LogP contribution is -2.50. The van der Waals surface area contributed by atoms with Crippen LogP contribution in [-0.2, 0) is 20.4 Å². The van der Waals surface area contributed by atoms with Gasteiger partial charge in [-0.15, -0.1) is 0 Å². The summed E-state index contributed by atoms with van der Waals surface area (Å²) in [5.41, 5.74) is 3.55. The molecule has 1 aliphatic rings. The highest BCUT2D eigenvalue weighted by Crippen LogP contribution is 2.18. The zero-order valence-corrected chi connectivity index (χ0v) is 17.0. The lowest BCUT2D eigenvalue weighted by molar-refractivity contribution is -0.128. The van der Waals surface area contributed by atoms with Gasteiger partial charge in [-0.1, -0.05) is 23.8 Å².